The molecule has 4 nitrogen and oxygen atoms in total. The van der Waals surface area contributed by atoms with E-state index in [-0.39, 0.29) is 5.69 Å². The van der Waals surface area contributed by atoms with Crippen molar-refractivity contribution in [3.05, 3.63) is 69.6 Å². The Labute approximate surface area is 167 Å². The van der Waals surface area contributed by atoms with Crippen LogP contribution in [0.5, 0.6) is 5.75 Å². The number of aromatic nitrogens is 2. The van der Waals surface area contributed by atoms with Gasteiger partial charge in [0.05, 0.1) is 17.6 Å². The van der Waals surface area contributed by atoms with Crippen molar-refractivity contribution in [1.29, 1.82) is 0 Å². The number of hydrogen-bond donors (Lipinski definition) is 0. The molecular formula is C24H30N2O2. The van der Waals surface area contributed by atoms with E-state index >= 15 is 0 Å². The lowest BCUT2D eigenvalue weighted by Crippen LogP contribution is -2.23. The van der Waals surface area contributed by atoms with E-state index in [9.17, 15) is 4.79 Å². The van der Waals surface area contributed by atoms with Gasteiger partial charge in [0.15, 0.2) is 0 Å². The Kier molecular flexibility index (Phi) is 5.78. The monoisotopic (exact) mass is 378 g/mol. The maximum Gasteiger partial charge on any atom is 0.333 e. The first-order chi connectivity index (χ1) is 13.3. The van der Waals surface area contributed by atoms with Gasteiger partial charge < -0.3 is 4.74 Å². The van der Waals surface area contributed by atoms with E-state index in [2.05, 4.69) is 64.6 Å². The smallest absolute Gasteiger partial charge is 0.333 e. The molecule has 0 unspecified atom stereocenters. The highest BCUT2D eigenvalue weighted by Gasteiger charge is 2.14. The molecule has 28 heavy (non-hydrogen) atoms. The van der Waals surface area contributed by atoms with Gasteiger partial charge in [0.2, 0.25) is 0 Å². The third-order valence-corrected chi connectivity index (χ3v) is 5.17. The first-order valence-electron chi connectivity index (χ1n) is 9.87. The van der Waals surface area contributed by atoms with E-state index in [4.69, 9.17) is 4.74 Å². The SMILES string of the molecule is C=C(C)n1c(=O)n(CCCCOc2cc(C)cc(C)c2)c2cc(C)c(C)cc21. The number of unbranched alkanes of at least 4 members (excludes halogenated alkanes) is 1. The molecule has 1 heterocycles. The molecule has 2 aromatic carbocycles. The molecule has 148 valence electrons. The van der Waals surface area contributed by atoms with Gasteiger partial charge >= 0.3 is 5.69 Å². The zero-order valence-corrected chi connectivity index (χ0v) is 17.6. The number of hydrogen-bond acceptors (Lipinski definition) is 2. The summed E-state index contributed by atoms with van der Waals surface area (Å²) in [6, 6.07) is 10.4. The lowest BCUT2D eigenvalue weighted by atomic mass is 10.1. The highest BCUT2D eigenvalue weighted by molar-refractivity contribution is 5.81. The van der Waals surface area contributed by atoms with Crippen LogP contribution in [0.3, 0.4) is 0 Å². The maximum atomic E-state index is 12.9. The van der Waals surface area contributed by atoms with Crippen LogP contribution >= 0.6 is 0 Å². The lowest BCUT2D eigenvalue weighted by Gasteiger charge is -2.09. The second kappa shape index (κ2) is 8.09. The number of nitrogens with zero attached hydrogens (tertiary/aromatic N) is 2. The number of imidazole rings is 1. The van der Waals surface area contributed by atoms with Gasteiger partial charge in [-0.2, -0.15) is 0 Å². The van der Waals surface area contributed by atoms with Crippen LogP contribution in [-0.2, 0) is 6.54 Å². The Morgan fingerprint density at radius 3 is 2.14 bits per heavy atom. The molecule has 3 rings (SSSR count). The van der Waals surface area contributed by atoms with E-state index in [1.54, 1.807) is 4.57 Å². The van der Waals surface area contributed by atoms with Crippen molar-refractivity contribution >= 4 is 16.7 Å². The Morgan fingerprint density at radius 2 is 1.54 bits per heavy atom. The minimum Gasteiger partial charge on any atom is -0.494 e. The highest BCUT2D eigenvalue weighted by atomic mass is 16.5. The molecule has 3 aromatic rings. The number of fused-ring (bicyclic) bond motifs is 1. The molecule has 0 aliphatic heterocycles. The van der Waals surface area contributed by atoms with Crippen LogP contribution in [0.15, 0.2) is 41.7 Å². The molecule has 0 amide bonds. The van der Waals surface area contributed by atoms with E-state index in [1.165, 1.54) is 22.3 Å². The summed E-state index contributed by atoms with van der Waals surface area (Å²) in [5, 5.41) is 0. The molecule has 0 radical (unpaired) electrons. The molecule has 0 fully saturated rings. The van der Waals surface area contributed by atoms with Crippen molar-refractivity contribution in [1.82, 2.24) is 9.13 Å². The first kappa shape index (κ1) is 20.0. The van der Waals surface area contributed by atoms with Crippen molar-refractivity contribution < 1.29 is 4.74 Å². The molecule has 0 N–H and O–H groups in total. The number of rotatable bonds is 7. The quantitative estimate of drug-likeness (QED) is 0.517. The Bertz CT molecular complexity index is 1070. The summed E-state index contributed by atoms with van der Waals surface area (Å²) in [7, 11) is 0. The van der Waals surface area contributed by atoms with E-state index in [1.807, 2.05) is 11.5 Å². The lowest BCUT2D eigenvalue weighted by molar-refractivity contribution is 0.303. The van der Waals surface area contributed by atoms with E-state index in [0.717, 1.165) is 35.3 Å². The average Bonchev–Trinajstić information content (AvgIpc) is 2.85. The van der Waals surface area contributed by atoms with Crippen LogP contribution in [-0.4, -0.2) is 15.7 Å². The van der Waals surface area contributed by atoms with Crippen LogP contribution in [0.25, 0.3) is 16.7 Å². The first-order valence-corrected chi connectivity index (χ1v) is 9.87. The largest absolute Gasteiger partial charge is 0.494 e. The summed E-state index contributed by atoms with van der Waals surface area (Å²) in [5.41, 5.74) is 7.44. The summed E-state index contributed by atoms with van der Waals surface area (Å²) in [6.07, 6.45) is 1.77. The molecule has 1 aromatic heterocycles. The topological polar surface area (TPSA) is 36.2 Å². The minimum absolute atomic E-state index is 0.0114. The maximum absolute atomic E-state index is 12.9. The Balaban J connectivity index is 1.72. The van der Waals surface area contributed by atoms with Gasteiger partial charge in [0.1, 0.15) is 5.75 Å². The zero-order chi connectivity index (χ0) is 20.4. The van der Waals surface area contributed by atoms with Gasteiger partial charge in [-0.3, -0.25) is 9.13 Å². The van der Waals surface area contributed by atoms with Crippen LogP contribution in [0.1, 0.15) is 42.0 Å². The fourth-order valence-electron chi connectivity index (χ4n) is 3.67. The molecule has 0 aliphatic rings. The molecule has 0 aliphatic carbocycles. The van der Waals surface area contributed by atoms with Gasteiger partial charge in [0, 0.05) is 12.2 Å². The third-order valence-electron chi connectivity index (χ3n) is 5.17. The van der Waals surface area contributed by atoms with Crippen molar-refractivity contribution in [2.75, 3.05) is 6.61 Å². The predicted octanol–water partition coefficient (Wildman–Crippen LogP) is 5.39. The summed E-state index contributed by atoms with van der Waals surface area (Å²) in [6.45, 7) is 15.5. The van der Waals surface area contributed by atoms with E-state index in [0.29, 0.717) is 13.2 Å². The van der Waals surface area contributed by atoms with Gasteiger partial charge in [0.25, 0.3) is 0 Å². The normalized spacial score (nSPS) is 11.2. The van der Waals surface area contributed by atoms with Crippen molar-refractivity contribution in [3.8, 4) is 5.75 Å². The molecule has 0 spiro atoms. The van der Waals surface area contributed by atoms with Gasteiger partial charge in [-0.15, -0.1) is 0 Å². The van der Waals surface area contributed by atoms with Gasteiger partial charge in [-0.05, 0) is 94.0 Å². The summed E-state index contributed by atoms with van der Waals surface area (Å²) in [5.74, 6) is 0.916. The number of ether oxygens (including phenoxy) is 1. The van der Waals surface area contributed by atoms with Crippen LogP contribution in [0.4, 0.5) is 0 Å². The van der Waals surface area contributed by atoms with Gasteiger partial charge in [-0.1, -0.05) is 12.6 Å². The number of aryl methyl sites for hydroxylation is 5. The second-order valence-electron chi connectivity index (χ2n) is 7.81. The molecule has 0 atom stereocenters. The molecular weight excluding hydrogens is 348 g/mol. The molecule has 0 bridgehead atoms. The van der Waals surface area contributed by atoms with Crippen LogP contribution < -0.4 is 10.4 Å². The third kappa shape index (κ3) is 4.06. The fourth-order valence-corrected chi connectivity index (χ4v) is 3.67. The number of allylic oxidation sites excluding steroid dienone is 1. The minimum atomic E-state index is -0.0114. The summed E-state index contributed by atoms with van der Waals surface area (Å²) in [4.78, 5) is 12.9. The standard InChI is InChI=1S/C24H30N2O2/c1-16(2)26-23-15-20(6)19(5)14-22(23)25(24(26)27)9-7-8-10-28-21-12-17(3)11-18(4)13-21/h11-15H,1,7-10H2,2-6H3. The Morgan fingerprint density at radius 1 is 0.929 bits per heavy atom. The fraction of sp³-hybridized carbons (Fsp3) is 0.375. The van der Waals surface area contributed by atoms with Crippen LogP contribution in [0, 0.1) is 27.7 Å². The second-order valence-corrected chi connectivity index (χ2v) is 7.81. The Hall–Kier alpha value is -2.75. The van der Waals surface area contributed by atoms with Crippen LogP contribution in [0.2, 0.25) is 0 Å². The van der Waals surface area contributed by atoms with Crippen molar-refractivity contribution in [3.63, 3.8) is 0 Å². The van der Waals surface area contributed by atoms with Crippen molar-refractivity contribution in [2.24, 2.45) is 0 Å². The van der Waals surface area contributed by atoms with Crippen molar-refractivity contribution in [2.45, 2.75) is 54.0 Å². The van der Waals surface area contributed by atoms with Gasteiger partial charge in [-0.25, -0.2) is 4.79 Å². The molecule has 0 saturated heterocycles. The summed E-state index contributed by atoms with van der Waals surface area (Å²) < 4.78 is 9.48. The predicted molar refractivity (Wildman–Crippen MR) is 117 cm³/mol. The summed E-state index contributed by atoms with van der Waals surface area (Å²) >= 11 is 0. The van der Waals surface area contributed by atoms with E-state index < -0.39 is 0 Å². The average molecular weight is 379 g/mol. The number of benzene rings is 2. The molecule has 4 heteroatoms. The zero-order valence-electron chi connectivity index (χ0n) is 17.6. The highest BCUT2D eigenvalue weighted by Crippen LogP contribution is 2.21. The molecule has 0 saturated carbocycles.